The van der Waals surface area contributed by atoms with Gasteiger partial charge in [-0.15, -0.1) is 0 Å². The highest BCUT2D eigenvalue weighted by molar-refractivity contribution is 6.08. The van der Waals surface area contributed by atoms with Crippen molar-refractivity contribution in [2.75, 3.05) is 32.7 Å². The summed E-state index contributed by atoms with van der Waals surface area (Å²) < 4.78 is 2.18. The van der Waals surface area contributed by atoms with Gasteiger partial charge in [-0.25, -0.2) is 4.99 Å². The number of likely N-dealkylation sites (tertiary alicyclic amines) is 1. The highest BCUT2D eigenvalue weighted by Gasteiger charge is 2.30. The zero-order valence-electron chi connectivity index (χ0n) is 23.4. The van der Waals surface area contributed by atoms with Gasteiger partial charge in [-0.1, -0.05) is 18.4 Å². The Kier molecular flexibility index (Phi) is 7.67. The fraction of sp³-hybridized carbons (Fsp3) is 0.613. The minimum absolute atomic E-state index is 0.133. The van der Waals surface area contributed by atoms with E-state index in [9.17, 15) is 9.59 Å². The van der Waals surface area contributed by atoms with Crippen molar-refractivity contribution in [2.45, 2.75) is 83.2 Å². The molecule has 3 fully saturated rings. The molecule has 2 amide bonds. The molecular formula is C31H42N6O2. The van der Waals surface area contributed by atoms with Crippen molar-refractivity contribution in [3.05, 3.63) is 41.1 Å². The summed E-state index contributed by atoms with van der Waals surface area (Å²) in [6, 6.07) is 5.53. The number of hydrogen-bond acceptors (Lipinski definition) is 5. The first kappa shape index (κ1) is 26.4. The molecular weight excluding hydrogens is 488 g/mol. The summed E-state index contributed by atoms with van der Waals surface area (Å²) >= 11 is 0. The Hall–Kier alpha value is -2.84. The lowest BCUT2D eigenvalue weighted by molar-refractivity contribution is -0.120. The van der Waals surface area contributed by atoms with E-state index in [1.165, 1.54) is 31.2 Å². The molecule has 208 valence electrons. The first-order chi connectivity index (χ1) is 19.0. The predicted molar refractivity (Wildman–Crippen MR) is 154 cm³/mol. The molecule has 2 aromatic rings. The number of amides is 2. The summed E-state index contributed by atoms with van der Waals surface area (Å²) in [4.78, 5) is 33.0. The van der Waals surface area contributed by atoms with E-state index in [4.69, 9.17) is 5.10 Å². The monoisotopic (exact) mass is 530 g/mol. The average molecular weight is 531 g/mol. The Morgan fingerprint density at radius 2 is 1.77 bits per heavy atom. The Bertz CT molecular complexity index is 1290. The van der Waals surface area contributed by atoms with E-state index in [0.29, 0.717) is 23.6 Å². The van der Waals surface area contributed by atoms with Gasteiger partial charge in [-0.2, -0.15) is 5.10 Å². The van der Waals surface area contributed by atoms with Crippen molar-refractivity contribution in [3.63, 3.8) is 0 Å². The zero-order valence-corrected chi connectivity index (χ0v) is 23.4. The van der Waals surface area contributed by atoms with Crippen molar-refractivity contribution in [2.24, 2.45) is 10.9 Å². The summed E-state index contributed by atoms with van der Waals surface area (Å²) in [7, 11) is 0. The van der Waals surface area contributed by atoms with Crippen LogP contribution in [0.15, 0.2) is 35.0 Å². The maximum atomic E-state index is 13.7. The summed E-state index contributed by atoms with van der Waals surface area (Å²) in [6.07, 6.45) is 13.3. The van der Waals surface area contributed by atoms with Crippen LogP contribution in [0.1, 0.15) is 93.1 Å². The minimum Gasteiger partial charge on any atom is -0.351 e. The van der Waals surface area contributed by atoms with E-state index in [0.717, 1.165) is 74.1 Å². The summed E-state index contributed by atoms with van der Waals surface area (Å²) in [6.45, 7) is 8.51. The first-order valence-corrected chi connectivity index (χ1v) is 15.0. The standard InChI is InChI=1S/C31H42N6O2/c1-20-15-21(2)35-31(39)27(20)18-33-30(38)26-16-23(17-29-28(26)19-34-37(29)25-5-3-4-6-25)22-9-13-36(14-10-22)24-7-11-32-12-8-24/h15-17,19,22,24-25,27,32H,3-14,18H2,1-2H3,(H,33,38). The van der Waals surface area contributed by atoms with Crippen LogP contribution in [0.4, 0.5) is 0 Å². The number of carbonyl (C=O) groups excluding carboxylic acids is 2. The second-order valence-electron chi connectivity index (χ2n) is 12.1. The lowest BCUT2D eigenvalue weighted by Crippen LogP contribution is -2.46. The van der Waals surface area contributed by atoms with E-state index >= 15 is 0 Å². The third kappa shape index (κ3) is 5.46. The second-order valence-corrected chi connectivity index (χ2v) is 12.1. The van der Waals surface area contributed by atoms with Crippen molar-refractivity contribution in [3.8, 4) is 0 Å². The van der Waals surface area contributed by atoms with Crippen molar-refractivity contribution in [1.82, 2.24) is 25.3 Å². The fourth-order valence-corrected chi connectivity index (χ4v) is 7.25. The van der Waals surface area contributed by atoms with Gasteiger partial charge < -0.3 is 15.5 Å². The third-order valence-electron chi connectivity index (χ3n) is 9.52. The third-order valence-corrected chi connectivity index (χ3v) is 9.52. The molecule has 2 saturated heterocycles. The number of aliphatic imine (C=N–C) groups is 1. The second kappa shape index (κ2) is 11.3. The largest absolute Gasteiger partial charge is 0.351 e. The number of allylic oxidation sites excluding steroid dienone is 1. The number of dihydropyridines is 1. The maximum absolute atomic E-state index is 13.7. The number of carbonyl (C=O) groups is 2. The van der Waals surface area contributed by atoms with Crippen LogP contribution in [0.5, 0.6) is 0 Å². The number of hydrogen-bond donors (Lipinski definition) is 2. The van der Waals surface area contributed by atoms with Gasteiger partial charge in [0.05, 0.1) is 29.2 Å². The molecule has 1 saturated carbocycles. The van der Waals surface area contributed by atoms with Crippen LogP contribution in [0.3, 0.4) is 0 Å². The molecule has 6 rings (SSSR count). The Balaban J connectivity index is 1.25. The number of benzene rings is 1. The molecule has 1 aromatic heterocycles. The molecule has 0 bridgehead atoms. The Morgan fingerprint density at radius 3 is 2.49 bits per heavy atom. The number of nitrogens with zero attached hydrogens (tertiary/aromatic N) is 4. The summed E-state index contributed by atoms with van der Waals surface area (Å²) in [5.74, 6) is -0.279. The topological polar surface area (TPSA) is 91.6 Å². The van der Waals surface area contributed by atoms with Crippen LogP contribution >= 0.6 is 0 Å². The van der Waals surface area contributed by atoms with E-state index in [1.54, 1.807) is 0 Å². The zero-order chi connectivity index (χ0) is 26.9. The number of rotatable bonds is 6. The Labute approximate surface area is 231 Å². The van der Waals surface area contributed by atoms with Crippen LogP contribution in [-0.4, -0.2) is 71.0 Å². The summed E-state index contributed by atoms with van der Waals surface area (Å²) in [5, 5.41) is 12.3. The Morgan fingerprint density at radius 1 is 1.03 bits per heavy atom. The number of aromatic nitrogens is 2. The molecule has 0 spiro atoms. The summed E-state index contributed by atoms with van der Waals surface area (Å²) in [5.41, 5.74) is 4.68. The van der Waals surface area contributed by atoms with E-state index in [1.807, 2.05) is 26.1 Å². The SMILES string of the molecule is CC1=CC(C)=NC(=O)C1CNC(=O)c1cc(C2CCN(C3CCNCC3)CC2)cc2c1cnn2C1CCCC1. The van der Waals surface area contributed by atoms with Gasteiger partial charge in [0.1, 0.15) is 0 Å². The van der Waals surface area contributed by atoms with E-state index in [2.05, 4.69) is 37.3 Å². The van der Waals surface area contributed by atoms with Crippen LogP contribution in [0.2, 0.25) is 0 Å². The number of fused-ring (bicyclic) bond motifs is 1. The fourth-order valence-electron chi connectivity index (χ4n) is 7.25. The number of piperidine rings is 2. The smallest absolute Gasteiger partial charge is 0.254 e. The van der Waals surface area contributed by atoms with Crippen LogP contribution in [0, 0.1) is 5.92 Å². The van der Waals surface area contributed by atoms with Gasteiger partial charge in [0.15, 0.2) is 0 Å². The van der Waals surface area contributed by atoms with Gasteiger partial charge in [0, 0.05) is 23.7 Å². The first-order valence-electron chi connectivity index (χ1n) is 15.0. The van der Waals surface area contributed by atoms with Gasteiger partial charge in [-0.3, -0.25) is 14.3 Å². The molecule has 1 aromatic carbocycles. The molecule has 1 aliphatic carbocycles. The van der Waals surface area contributed by atoms with Gasteiger partial charge in [-0.05, 0) is 108 Å². The molecule has 4 heterocycles. The van der Waals surface area contributed by atoms with E-state index in [-0.39, 0.29) is 18.4 Å². The maximum Gasteiger partial charge on any atom is 0.254 e. The van der Waals surface area contributed by atoms with Gasteiger partial charge in [0.25, 0.3) is 11.8 Å². The molecule has 8 heteroatoms. The average Bonchev–Trinajstić information content (AvgIpc) is 3.62. The van der Waals surface area contributed by atoms with Crippen LogP contribution in [-0.2, 0) is 4.79 Å². The lowest BCUT2D eigenvalue weighted by Gasteiger charge is -2.39. The highest BCUT2D eigenvalue weighted by Crippen LogP contribution is 2.36. The molecule has 1 atom stereocenters. The lowest BCUT2D eigenvalue weighted by atomic mass is 9.86. The van der Waals surface area contributed by atoms with Crippen molar-refractivity contribution >= 4 is 28.4 Å². The quantitative estimate of drug-likeness (QED) is 0.579. The minimum atomic E-state index is -0.406. The predicted octanol–water partition coefficient (Wildman–Crippen LogP) is 4.38. The molecule has 39 heavy (non-hydrogen) atoms. The number of nitrogens with one attached hydrogen (secondary N) is 2. The molecule has 8 nitrogen and oxygen atoms in total. The molecule has 4 aliphatic rings. The molecule has 3 aliphatic heterocycles. The van der Waals surface area contributed by atoms with Crippen molar-refractivity contribution in [1.29, 1.82) is 0 Å². The molecule has 2 N–H and O–H groups in total. The highest BCUT2D eigenvalue weighted by atomic mass is 16.2. The van der Waals surface area contributed by atoms with Gasteiger partial charge in [0.2, 0.25) is 0 Å². The molecule has 1 unspecified atom stereocenters. The van der Waals surface area contributed by atoms with Crippen LogP contribution in [0.25, 0.3) is 10.9 Å². The van der Waals surface area contributed by atoms with Crippen molar-refractivity contribution < 1.29 is 9.59 Å². The normalized spacial score (nSPS) is 24.3. The molecule has 0 radical (unpaired) electrons. The van der Waals surface area contributed by atoms with Crippen LogP contribution < -0.4 is 10.6 Å². The van der Waals surface area contributed by atoms with E-state index < -0.39 is 5.92 Å². The van der Waals surface area contributed by atoms with Gasteiger partial charge >= 0.3 is 0 Å².